The van der Waals surface area contributed by atoms with E-state index in [-0.39, 0.29) is 11.4 Å². The average molecular weight is 300 g/mol. The first-order chi connectivity index (χ1) is 9.37. The predicted molar refractivity (Wildman–Crippen MR) is 76.1 cm³/mol. The van der Waals surface area contributed by atoms with Crippen molar-refractivity contribution in [3.8, 4) is 0 Å². The van der Waals surface area contributed by atoms with E-state index in [4.69, 9.17) is 5.73 Å². The molecule has 1 aliphatic rings. The molecule has 0 aromatic heterocycles. The summed E-state index contributed by atoms with van der Waals surface area (Å²) in [5.41, 5.74) is 5.21. The van der Waals surface area contributed by atoms with Gasteiger partial charge in [0.25, 0.3) is 0 Å². The lowest BCUT2D eigenvalue weighted by Gasteiger charge is -2.39. The predicted octanol–water partition coefficient (Wildman–Crippen LogP) is 2.01. The van der Waals surface area contributed by atoms with E-state index in [0.29, 0.717) is 5.92 Å². The SMILES string of the molecule is CC1CCCC(CN)(NS(=O)(=O)c2cccc(F)c2)C1. The first-order valence-electron chi connectivity index (χ1n) is 6.86. The van der Waals surface area contributed by atoms with Crippen LogP contribution >= 0.6 is 0 Å². The van der Waals surface area contributed by atoms with Crippen LogP contribution in [0.3, 0.4) is 0 Å². The molecule has 1 aliphatic carbocycles. The van der Waals surface area contributed by atoms with Gasteiger partial charge in [0.05, 0.1) is 4.90 Å². The molecule has 0 spiro atoms. The minimum atomic E-state index is -3.75. The molecule has 6 heteroatoms. The number of hydrogen-bond donors (Lipinski definition) is 2. The summed E-state index contributed by atoms with van der Waals surface area (Å²) < 4.78 is 40.7. The Morgan fingerprint density at radius 3 is 2.85 bits per heavy atom. The Labute approximate surface area is 119 Å². The van der Waals surface area contributed by atoms with Crippen molar-refractivity contribution in [3.05, 3.63) is 30.1 Å². The van der Waals surface area contributed by atoms with Gasteiger partial charge in [-0.1, -0.05) is 25.8 Å². The summed E-state index contributed by atoms with van der Waals surface area (Å²) in [4.78, 5) is -0.0523. The maximum atomic E-state index is 13.2. The van der Waals surface area contributed by atoms with Gasteiger partial charge in [-0.25, -0.2) is 17.5 Å². The zero-order chi connectivity index (χ0) is 14.8. The van der Waals surface area contributed by atoms with E-state index >= 15 is 0 Å². The molecule has 1 aromatic carbocycles. The van der Waals surface area contributed by atoms with Gasteiger partial charge < -0.3 is 5.73 Å². The summed E-state index contributed by atoms with van der Waals surface area (Å²) in [6.45, 7) is 2.35. The van der Waals surface area contributed by atoms with Crippen LogP contribution in [0.1, 0.15) is 32.6 Å². The molecule has 3 N–H and O–H groups in total. The summed E-state index contributed by atoms with van der Waals surface area (Å²) in [5.74, 6) is -0.130. The molecule has 0 aliphatic heterocycles. The Morgan fingerprint density at radius 2 is 2.25 bits per heavy atom. The van der Waals surface area contributed by atoms with E-state index in [9.17, 15) is 12.8 Å². The van der Waals surface area contributed by atoms with Crippen molar-refractivity contribution in [1.82, 2.24) is 4.72 Å². The van der Waals surface area contributed by atoms with E-state index < -0.39 is 21.4 Å². The summed E-state index contributed by atoms with van der Waals surface area (Å²) in [7, 11) is -3.75. The van der Waals surface area contributed by atoms with Crippen molar-refractivity contribution in [2.24, 2.45) is 11.7 Å². The monoisotopic (exact) mass is 300 g/mol. The fraction of sp³-hybridized carbons (Fsp3) is 0.571. The largest absolute Gasteiger partial charge is 0.329 e. The van der Waals surface area contributed by atoms with Gasteiger partial charge in [-0.15, -0.1) is 0 Å². The summed E-state index contributed by atoms with van der Waals surface area (Å²) in [6.07, 6.45) is 3.48. The first-order valence-corrected chi connectivity index (χ1v) is 8.35. The highest BCUT2D eigenvalue weighted by Crippen LogP contribution is 2.32. The molecular weight excluding hydrogens is 279 g/mol. The summed E-state index contributed by atoms with van der Waals surface area (Å²) in [6, 6.07) is 5.03. The Balaban J connectivity index is 2.26. The van der Waals surface area contributed by atoms with Gasteiger partial charge >= 0.3 is 0 Å². The third-order valence-electron chi connectivity index (χ3n) is 3.94. The lowest BCUT2D eigenvalue weighted by atomic mass is 9.77. The van der Waals surface area contributed by atoms with Crippen LogP contribution in [0.15, 0.2) is 29.2 Å². The number of halogens is 1. The Hall–Kier alpha value is -0.980. The molecule has 1 fully saturated rings. The van der Waals surface area contributed by atoms with Crippen molar-refractivity contribution < 1.29 is 12.8 Å². The molecule has 112 valence electrons. The van der Waals surface area contributed by atoms with Crippen molar-refractivity contribution in [2.45, 2.75) is 43.0 Å². The molecule has 1 aromatic rings. The van der Waals surface area contributed by atoms with Crippen LogP contribution in [0, 0.1) is 11.7 Å². The van der Waals surface area contributed by atoms with Crippen LogP contribution in [0.25, 0.3) is 0 Å². The van der Waals surface area contributed by atoms with Crippen molar-refractivity contribution in [3.63, 3.8) is 0 Å². The molecule has 20 heavy (non-hydrogen) atoms. The molecule has 0 amide bonds. The second-order valence-corrected chi connectivity index (χ2v) is 7.43. The highest BCUT2D eigenvalue weighted by molar-refractivity contribution is 7.89. The number of rotatable bonds is 4. The Bertz CT molecular complexity index is 576. The molecule has 0 saturated heterocycles. The summed E-state index contributed by atoms with van der Waals surface area (Å²) >= 11 is 0. The quantitative estimate of drug-likeness (QED) is 0.893. The van der Waals surface area contributed by atoms with E-state index in [0.717, 1.165) is 31.7 Å². The van der Waals surface area contributed by atoms with Crippen LogP contribution in [-0.2, 0) is 10.0 Å². The fourth-order valence-electron chi connectivity index (χ4n) is 2.96. The fourth-order valence-corrected chi connectivity index (χ4v) is 4.44. The van der Waals surface area contributed by atoms with Crippen LogP contribution in [0.2, 0.25) is 0 Å². The molecular formula is C14H21FN2O2S. The summed E-state index contributed by atoms with van der Waals surface area (Å²) in [5, 5.41) is 0. The number of benzene rings is 1. The highest BCUT2D eigenvalue weighted by Gasteiger charge is 2.37. The van der Waals surface area contributed by atoms with Crippen molar-refractivity contribution >= 4 is 10.0 Å². The molecule has 0 bridgehead atoms. The minimum absolute atomic E-state index is 0.0523. The van der Waals surface area contributed by atoms with E-state index in [1.807, 2.05) is 0 Å². The van der Waals surface area contributed by atoms with Crippen LogP contribution < -0.4 is 10.5 Å². The molecule has 2 rings (SSSR count). The van der Waals surface area contributed by atoms with Gasteiger partial charge in [0.1, 0.15) is 5.82 Å². The van der Waals surface area contributed by atoms with Gasteiger partial charge in [-0.2, -0.15) is 0 Å². The van der Waals surface area contributed by atoms with Crippen molar-refractivity contribution in [2.75, 3.05) is 6.54 Å². The number of nitrogens with one attached hydrogen (secondary N) is 1. The average Bonchev–Trinajstić information content (AvgIpc) is 2.38. The van der Waals surface area contributed by atoms with Crippen LogP contribution in [-0.4, -0.2) is 20.5 Å². The number of sulfonamides is 1. The highest BCUT2D eigenvalue weighted by atomic mass is 32.2. The maximum Gasteiger partial charge on any atom is 0.241 e. The lowest BCUT2D eigenvalue weighted by Crippen LogP contribution is -2.55. The van der Waals surface area contributed by atoms with Crippen LogP contribution in [0.5, 0.6) is 0 Å². The third kappa shape index (κ3) is 3.37. The molecule has 4 nitrogen and oxygen atoms in total. The van der Waals surface area contributed by atoms with E-state index in [1.165, 1.54) is 18.2 Å². The standard InChI is InChI=1S/C14H21FN2O2S/c1-11-4-3-7-14(9-11,10-16)17-20(18,19)13-6-2-5-12(15)8-13/h2,5-6,8,11,17H,3-4,7,9-10,16H2,1H3. The Kier molecular flexibility index (Phi) is 4.46. The Morgan fingerprint density at radius 1 is 1.50 bits per heavy atom. The van der Waals surface area contributed by atoms with Crippen molar-refractivity contribution in [1.29, 1.82) is 0 Å². The topological polar surface area (TPSA) is 72.2 Å². The number of hydrogen-bond acceptors (Lipinski definition) is 3. The molecule has 0 heterocycles. The van der Waals surface area contributed by atoms with Gasteiger partial charge in [-0.05, 0) is 37.0 Å². The molecule has 2 unspecified atom stereocenters. The van der Waals surface area contributed by atoms with Gasteiger partial charge in [0.15, 0.2) is 0 Å². The molecule has 1 saturated carbocycles. The van der Waals surface area contributed by atoms with E-state index in [1.54, 1.807) is 0 Å². The molecule has 2 atom stereocenters. The molecule has 0 radical (unpaired) electrons. The lowest BCUT2D eigenvalue weighted by molar-refractivity contribution is 0.223. The smallest absolute Gasteiger partial charge is 0.241 e. The maximum absolute atomic E-state index is 13.2. The zero-order valence-corrected chi connectivity index (χ0v) is 12.4. The van der Waals surface area contributed by atoms with E-state index in [2.05, 4.69) is 11.6 Å². The second-order valence-electron chi connectivity index (χ2n) is 5.75. The zero-order valence-electron chi connectivity index (χ0n) is 11.6. The first kappa shape index (κ1) is 15.4. The van der Waals surface area contributed by atoms with Gasteiger partial charge in [-0.3, -0.25) is 0 Å². The normalized spacial score (nSPS) is 27.4. The van der Waals surface area contributed by atoms with Crippen LogP contribution in [0.4, 0.5) is 4.39 Å². The third-order valence-corrected chi connectivity index (χ3v) is 5.52. The van der Waals surface area contributed by atoms with Gasteiger partial charge in [0, 0.05) is 12.1 Å². The van der Waals surface area contributed by atoms with Gasteiger partial charge in [0.2, 0.25) is 10.0 Å². The second kappa shape index (κ2) is 5.79. The number of nitrogens with two attached hydrogens (primary N) is 1. The minimum Gasteiger partial charge on any atom is -0.329 e.